The lowest BCUT2D eigenvalue weighted by atomic mass is 9.99. The molecule has 0 spiro atoms. The van der Waals surface area contributed by atoms with Gasteiger partial charge in [-0.3, -0.25) is 34.2 Å². The van der Waals surface area contributed by atoms with E-state index in [1.807, 2.05) is 18.2 Å². The third kappa shape index (κ3) is 8.67. The van der Waals surface area contributed by atoms with E-state index in [2.05, 4.69) is 5.32 Å². The summed E-state index contributed by atoms with van der Waals surface area (Å²) in [5.74, 6) is -2.11. The standard InChI is InChI=1S/C36H31Cl3N4O7/c37-24-11-10-23(29(38)19-24)14-16-41(33(45)15-17-42-35(47)26-8-4-5-9-27(26)36(42)48)21-32(44)31(18-22-6-2-1-3-7-22)40-34(46)28-13-12-25(43(49)50)20-30(28)39/h1-13,19-20,31-32,44H,14-18,21H2,(H,40,46). The number of nitrogens with zero attached hydrogens (tertiary/aromatic N) is 3. The highest BCUT2D eigenvalue weighted by Gasteiger charge is 2.36. The van der Waals surface area contributed by atoms with Crippen molar-refractivity contribution in [2.45, 2.75) is 31.4 Å². The first-order valence-corrected chi connectivity index (χ1v) is 16.7. The number of aliphatic hydroxyl groups is 1. The minimum atomic E-state index is -1.32. The number of imide groups is 1. The van der Waals surface area contributed by atoms with Gasteiger partial charge in [-0.15, -0.1) is 0 Å². The fourth-order valence-electron chi connectivity index (χ4n) is 5.66. The molecule has 258 valence electrons. The number of fused-ring (bicyclic) bond motifs is 1. The Balaban J connectivity index is 1.36. The molecule has 0 saturated heterocycles. The molecule has 0 radical (unpaired) electrons. The SMILES string of the molecule is O=C(NC(Cc1ccccc1)C(O)CN(CCc1ccc(Cl)cc1Cl)C(=O)CCN1C(=O)c2ccccc2C1=O)c1ccc([N+](=O)[O-])cc1Cl. The first-order valence-electron chi connectivity index (χ1n) is 15.6. The lowest BCUT2D eigenvalue weighted by Crippen LogP contribution is -2.51. The van der Waals surface area contributed by atoms with Crippen LogP contribution in [-0.4, -0.2) is 75.2 Å². The molecular weight excluding hydrogens is 707 g/mol. The number of non-ortho nitro benzene ring substituents is 1. The topological polar surface area (TPSA) is 150 Å². The number of nitro benzene ring substituents is 1. The molecule has 0 bridgehead atoms. The number of amides is 4. The molecule has 1 aliphatic rings. The highest BCUT2D eigenvalue weighted by molar-refractivity contribution is 6.35. The zero-order valence-corrected chi connectivity index (χ0v) is 28.7. The number of nitro groups is 1. The maximum Gasteiger partial charge on any atom is 0.270 e. The van der Waals surface area contributed by atoms with Crippen molar-refractivity contribution in [3.63, 3.8) is 0 Å². The van der Waals surface area contributed by atoms with Crippen LogP contribution < -0.4 is 5.32 Å². The second-order valence-electron chi connectivity index (χ2n) is 11.6. The van der Waals surface area contributed by atoms with Crippen molar-refractivity contribution >= 4 is 64.1 Å². The minimum absolute atomic E-state index is 0.0335. The average Bonchev–Trinajstić information content (AvgIpc) is 3.34. The predicted molar refractivity (Wildman–Crippen MR) is 189 cm³/mol. The zero-order valence-electron chi connectivity index (χ0n) is 26.4. The van der Waals surface area contributed by atoms with E-state index >= 15 is 0 Å². The number of nitrogens with one attached hydrogen (secondary N) is 1. The van der Waals surface area contributed by atoms with Crippen LogP contribution in [0.3, 0.4) is 0 Å². The summed E-state index contributed by atoms with van der Waals surface area (Å²) in [6, 6.07) is 23.0. The molecule has 50 heavy (non-hydrogen) atoms. The van der Waals surface area contributed by atoms with Crippen molar-refractivity contribution in [1.29, 1.82) is 0 Å². The minimum Gasteiger partial charge on any atom is -0.389 e. The lowest BCUT2D eigenvalue weighted by Gasteiger charge is -2.31. The van der Waals surface area contributed by atoms with Gasteiger partial charge in [-0.25, -0.2) is 0 Å². The van der Waals surface area contributed by atoms with Gasteiger partial charge in [-0.2, -0.15) is 0 Å². The number of halogens is 3. The van der Waals surface area contributed by atoms with Gasteiger partial charge in [0, 0.05) is 48.2 Å². The molecule has 11 nitrogen and oxygen atoms in total. The Hall–Kier alpha value is -4.81. The van der Waals surface area contributed by atoms with Crippen LogP contribution in [0.5, 0.6) is 0 Å². The van der Waals surface area contributed by atoms with E-state index in [-0.39, 0.29) is 66.3 Å². The highest BCUT2D eigenvalue weighted by atomic mass is 35.5. The summed E-state index contributed by atoms with van der Waals surface area (Å²) in [6.45, 7) is -0.320. The fourth-order valence-corrected chi connectivity index (χ4v) is 6.42. The molecule has 1 aliphatic heterocycles. The number of carbonyl (C=O) groups is 4. The predicted octanol–water partition coefficient (Wildman–Crippen LogP) is 6.01. The Morgan fingerprint density at radius 2 is 1.54 bits per heavy atom. The first kappa shape index (κ1) is 36.5. The molecule has 2 atom stereocenters. The summed E-state index contributed by atoms with van der Waals surface area (Å²) in [7, 11) is 0. The van der Waals surface area contributed by atoms with Crippen molar-refractivity contribution in [2.75, 3.05) is 19.6 Å². The Kier molecular flexibility index (Phi) is 11.9. The van der Waals surface area contributed by atoms with Crippen LogP contribution in [-0.2, 0) is 17.6 Å². The van der Waals surface area contributed by atoms with Gasteiger partial charge in [0.25, 0.3) is 23.4 Å². The quantitative estimate of drug-likeness (QED) is 0.0914. The number of aliphatic hydroxyl groups excluding tert-OH is 1. The van der Waals surface area contributed by atoms with Crippen LogP contribution in [0, 0.1) is 10.1 Å². The number of benzene rings is 4. The number of rotatable bonds is 14. The zero-order chi connectivity index (χ0) is 35.9. The molecule has 2 unspecified atom stereocenters. The van der Waals surface area contributed by atoms with E-state index in [0.717, 1.165) is 22.6 Å². The van der Waals surface area contributed by atoms with E-state index in [0.29, 0.717) is 15.6 Å². The molecule has 0 aromatic heterocycles. The van der Waals surface area contributed by atoms with Crippen molar-refractivity contribution in [2.24, 2.45) is 0 Å². The lowest BCUT2D eigenvalue weighted by molar-refractivity contribution is -0.384. The maximum absolute atomic E-state index is 13.8. The van der Waals surface area contributed by atoms with Gasteiger partial charge in [0.05, 0.1) is 38.8 Å². The van der Waals surface area contributed by atoms with Gasteiger partial charge < -0.3 is 15.3 Å². The summed E-state index contributed by atoms with van der Waals surface area (Å²) in [5, 5.41) is 26.3. The van der Waals surface area contributed by atoms with Crippen LogP contribution in [0.2, 0.25) is 15.1 Å². The Bertz CT molecular complexity index is 1910. The Morgan fingerprint density at radius 1 is 0.880 bits per heavy atom. The van der Waals surface area contributed by atoms with Crippen molar-refractivity contribution in [3.05, 3.63) is 144 Å². The molecule has 0 saturated carbocycles. The third-order valence-corrected chi connectivity index (χ3v) is 9.24. The molecule has 1 heterocycles. The second-order valence-corrected chi connectivity index (χ2v) is 12.9. The van der Waals surface area contributed by atoms with Crippen LogP contribution in [0.25, 0.3) is 0 Å². The van der Waals surface area contributed by atoms with Crippen LogP contribution >= 0.6 is 34.8 Å². The van der Waals surface area contributed by atoms with Gasteiger partial charge in [-0.1, -0.05) is 83.3 Å². The number of carbonyl (C=O) groups excluding carboxylic acids is 4. The maximum atomic E-state index is 13.8. The first-order chi connectivity index (χ1) is 23.9. The molecule has 0 aliphatic carbocycles. The van der Waals surface area contributed by atoms with Crippen molar-refractivity contribution in [3.8, 4) is 0 Å². The third-order valence-electron chi connectivity index (χ3n) is 8.34. The smallest absolute Gasteiger partial charge is 0.270 e. The molecule has 2 N–H and O–H groups in total. The fraction of sp³-hybridized carbons (Fsp3) is 0.222. The van der Waals surface area contributed by atoms with Crippen molar-refractivity contribution in [1.82, 2.24) is 15.1 Å². The van der Waals surface area contributed by atoms with Crippen LogP contribution in [0.15, 0.2) is 91.0 Å². The van der Waals surface area contributed by atoms with Crippen LogP contribution in [0.4, 0.5) is 5.69 Å². The molecule has 4 aromatic carbocycles. The number of hydrogen-bond acceptors (Lipinski definition) is 7. The summed E-state index contributed by atoms with van der Waals surface area (Å²) in [6.07, 6.45) is -1.09. The molecular formula is C36H31Cl3N4O7. The van der Waals surface area contributed by atoms with Gasteiger partial charge in [0.2, 0.25) is 5.91 Å². The monoisotopic (exact) mass is 736 g/mol. The van der Waals surface area contributed by atoms with Crippen LogP contribution in [0.1, 0.15) is 48.6 Å². The van der Waals surface area contributed by atoms with E-state index < -0.39 is 40.7 Å². The molecule has 14 heteroatoms. The summed E-state index contributed by atoms with van der Waals surface area (Å²) >= 11 is 18.7. The molecule has 4 amide bonds. The molecule has 0 fully saturated rings. The summed E-state index contributed by atoms with van der Waals surface area (Å²) in [5.41, 5.74) is 1.69. The molecule has 5 rings (SSSR count). The van der Waals surface area contributed by atoms with E-state index in [1.54, 1.807) is 54.6 Å². The van der Waals surface area contributed by atoms with E-state index in [4.69, 9.17) is 34.8 Å². The van der Waals surface area contributed by atoms with E-state index in [1.165, 1.54) is 11.0 Å². The average molecular weight is 738 g/mol. The number of hydrogen-bond donors (Lipinski definition) is 2. The molecule has 4 aromatic rings. The van der Waals surface area contributed by atoms with Gasteiger partial charge >= 0.3 is 0 Å². The van der Waals surface area contributed by atoms with Gasteiger partial charge in [0.1, 0.15) is 0 Å². The van der Waals surface area contributed by atoms with Gasteiger partial charge in [-0.05, 0) is 54.3 Å². The van der Waals surface area contributed by atoms with Gasteiger partial charge in [0.15, 0.2) is 0 Å². The van der Waals surface area contributed by atoms with E-state index in [9.17, 15) is 34.4 Å². The normalized spacial score (nSPS) is 13.5. The van der Waals surface area contributed by atoms with Crippen molar-refractivity contribution < 1.29 is 29.2 Å². The Morgan fingerprint density at radius 3 is 2.16 bits per heavy atom. The Labute approximate surface area is 302 Å². The second kappa shape index (κ2) is 16.3. The summed E-state index contributed by atoms with van der Waals surface area (Å²) in [4.78, 5) is 66.0. The summed E-state index contributed by atoms with van der Waals surface area (Å²) < 4.78 is 0. The largest absolute Gasteiger partial charge is 0.389 e. The highest BCUT2D eigenvalue weighted by Crippen LogP contribution is 2.25.